The topological polar surface area (TPSA) is 350 Å². The maximum Gasteiger partial charge on any atom is 0.335 e. The zero-order valence-corrected chi connectivity index (χ0v) is 90.8. The lowest BCUT2D eigenvalue weighted by molar-refractivity contribution is -0.154. The van der Waals surface area contributed by atoms with Gasteiger partial charge in [0, 0.05) is 232 Å². The number of carboxylic acid groups (broad SMARTS) is 4. The largest absolute Gasteiger partial charge is 0.481 e. The first-order valence-corrected chi connectivity index (χ1v) is 49.9. The van der Waals surface area contributed by atoms with Gasteiger partial charge in [-0.3, -0.25) is 19.3 Å². The van der Waals surface area contributed by atoms with Crippen molar-refractivity contribution in [2.75, 3.05) is 364 Å². The number of carbonyl (C=O) groups is 4. The Morgan fingerprint density at radius 3 is 1.03 bits per heavy atom. The van der Waals surface area contributed by atoms with Gasteiger partial charge in [0.15, 0.2) is 0 Å². The average molecular weight is 1980 g/mol. The molecule has 0 aromatic heterocycles. The SMILES string of the molecule is CCN(CC)CCOCCSCC(COC)OC.COCC(C)(COC)C(=O)O.COCC(CN(C(C)C)C(C)C)OC.COCC(CN(C)C)OC.COCC(COCCN(C)C)OC.COCC(CSCC(C)C(=O)O)OC.COCC(CSCCC(=O)O)OC.COCC(CSCCc1ccc(C(=O)O)cc1)OC.COCC(CSCCc1ccc(N(C)C)cc1)OC. The second kappa shape index (κ2) is 101. The average Bonchev–Trinajstić information content (AvgIpc) is 0.889. The lowest BCUT2D eigenvalue weighted by Crippen LogP contribution is -2.43. The molecule has 2 rings (SSSR count). The number of thioether (sulfide) groups is 5. The highest BCUT2D eigenvalue weighted by molar-refractivity contribution is 8.00. The Bertz CT molecular complexity index is 2730. The van der Waals surface area contributed by atoms with Gasteiger partial charge in [0.1, 0.15) is 11.5 Å². The van der Waals surface area contributed by atoms with E-state index in [2.05, 4.69) is 104 Å². The van der Waals surface area contributed by atoms with Gasteiger partial charge in [-0.05, 0) is 136 Å². The standard InChI is InChI=1S/C15H25NO2S.C14H20O4S.C13H29NO3S.C11H25NO2.C9H21NO3.C9H18O4S.C8H16O4S.C7H17NO2.C7H14O4/c1-16(2)14-7-5-13(6-8-14)9-10-19-12-15(18-4)11-17-3;1-17-9-13(18-2)10-19-8-7-11-3-5-12(6-4-11)14(15)16;1-5-14(6-2)7-8-17-9-10-18-12-13(16-4)11-15-3;1-9(2)12(10(3)4)7-11(14-6)8-13-5;1-10(2)5-6-13-8-9(12-4)7-11-3;1-7(9(10)11)5-14-6-8(13-3)4-12-2;1-11-5-7(12-2)6-13-4-3-8(9)10;1-8(2)5-7(10-4)6-9-3;1-7(4-10-2,5-11-3)6(8)9/h5-8,15H,9-12H2,1-4H3;3-6,13H,7-10H2,1-2H3,(H,15,16);13H,5-12H2,1-4H3;9-11H,7-8H2,1-6H3;9H,5-8H2,1-4H3;7-8H,4-6H2,1-3H3,(H,10,11);7H,3-6H2,1-2H3,(H,9,10);7H,5-6H2,1-4H3;4-5H2,1-3H3,(H,8,9). The minimum atomic E-state index is -0.927. The zero-order valence-electron chi connectivity index (χ0n) is 86.7. The molecule has 2 aromatic carbocycles. The summed E-state index contributed by atoms with van der Waals surface area (Å²) in [4.78, 5) is 53.1. The van der Waals surface area contributed by atoms with Crippen molar-refractivity contribution in [1.29, 1.82) is 0 Å². The Labute approximate surface area is 814 Å². The van der Waals surface area contributed by atoms with Gasteiger partial charge in [-0.1, -0.05) is 45.0 Å². The number of likely N-dealkylation sites (N-methyl/N-ethyl adjacent to an activating group) is 3. The van der Waals surface area contributed by atoms with Crippen LogP contribution in [0.3, 0.4) is 0 Å². The third-order valence-corrected chi connectivity index (χ3v) is 24.2. The normalized spacial score (nSPS) is 13.2. The van der Waals surface area contributed by atoms with Crippen LogP contribution in [0.15, 0.2) is 48.5 Å². The van der Waals surface area contributed by atoms with Crippen LogP contribution in [0, 0.1) is 11.3 Å². The van der Waals surface area contributed by atoms with Crippen LogP contribution in [0.2, 0.25) is 0 Å². The number of benzene rings is 2. The molecular formula is C93H185N5O28S5. The van der Waals surface area contributed by atoms with Gasteiger partial charge in [0.25, 0.3) is 0 Å². The monoisotopic (exact) mass is 1980 g/mol. The second-order valence-electron chi connectivity index (χ2n) is 31.2. The Morgan fingerprint density at radius 2 is 0.718 bits per heavy atom. The maximum absolute atomic E-state index is 10.7. The van der Waals surface area contributed by atoms with Gasteiger partial charge in [-0.2, -0.15) is 58.8 Å². The quantitative estimate of drug-likeness (QED) is 0.0447. The van der Waals surface area contributed by atoms with Crippen LogP contribution in [0.5, 0.6) is 0 Å². The van der Waals surface area contributed by atoms with Crippen molar-refractivity contribution in [3.63, 3.8) is 0 Å². The number of anilines is 1. The number of nitrogens with zero attached hydrogens (tertiary/aromatic N) is 5. The molecule has 0 amide bonds. The number of carboxylic acids is 4. The van der Waals surface area contributed by atoms with E-state index >= 15 is 0 Å². The van der Waals surface area contributed by atoms with E-state index in [1.165, 1.54) is 25.5 Å². The number of rotatable bonds is 72. The van der Waals surface area contributed by atoms with Gasteiger partial charge >= 0.3 is 23.9 Å². The van der Waals surface area contributed by atoms with Crippen LogP contribution in [0.25, 0.3) is 0 Å². The smallest absolute Gasteiger partial charge is 0.335 e. The van der Waals surface area contributed by atoms with Crippen molar-refractivity contribution < 1.29 is 134 Å². The highest BCUT2D eigenvalue weighted by atomic mass is 32.2. The van der Waals surface area contributed by atoms with E-state index in [4.69, 9.17) is 115 Å². The lowest BCUT2D eigenvalue weighted by Gasteiger charge is -2.33. The highest BCUT2D eigenvalue weighted by Gasteiger charge is 2.33. The molecule has 0 spiro atoms. The summed E-state index contributed by atoms with van der Waals surface area (Å²) in [6.45, 7) is 30.7. The predicted octanol–water partition coefficient (Wildman–Crippen LogP) is 11.3. The van der Waals surface area contributed by atoms with E-state index in [0.29, 0.717) is 88.6 Å². The summed E-state index contributed by atoms with van der Waals surface area (Å²) in [6, 6.07) is 16.9. The Kier molecular flexibility index (Phi) is 109. The minimum absolute atomic E-state index is 0.0472. The molecule has 0 saturated carbocycles. The molecule has 38 heteroatoms. The van der Waals surface area contributed by atoms with Crippen LogP contribution in [0.1, 0.15) is 83.3 Å². The molecule has 0 aliphatic heterocycles. The van der Waals surface area contributed by atoms with Gasteiger partial charge in [0.05, 0.1) is 153 Å². The molecule has 4 N–H and O–H groups in total. The summed E-state index contributed by atoms with van der Waals surface area (Å²) in [7, 11) is 42.0. The van der Waals surface area contributed by atoms with Crippen molar-refractivity contribution in [2.24, 2.45) is 11.3 Å². The molecule has 9 unspecified atom stereocenters. The molecule has 0 radical (unpaired) electrons. The molecule has 0 aliphatic rings. The van der Waals surface area contributed by atoms with Gasteiger partial charge in [-0.25, -0.2) is 4.79 Å². The molecule has 0 bridgehead atoms. The van der Waals surface area contributed by atoms with E-state index in [1.807, 2.05) is 75.6 Å². The van der Waals surface area contributed by atoms with Crippen LogP contribution in [-0.2, 0) is 122 Å². The van der Waals surface area contributed by atoms with Gasteiger partial charge < -0.3 is 135 Å². The fourth-order valence-electron chi connectivity index (χ4n) is 10.5. The summed E-state index contributed by atoms with van der Waals surface area (Å²) in [5, 5.41) is 34.5. The number of hydrogen-bond acceptors (Lipinski definition) is 34. The lowest BCUT2D eigenvalue weighted by atomic mass is 9.93. The van der Waals surface area contributed by atoms with Crippen molar-refractivity contribution >= 4 is 88.4 Å². The number of ether oxygens (including phenoxy) is 20. The van der Waals surface area contributed by atoms with Crippen molar-refractivity contribution in [3.8, 4) is 0 Å². The summed E-state index contributed by atoms with van der Waals surface area (Å²) in [5.74, 6) is 5.14. The predicted molar refractivity (Wildman–Crippen MR) is 542 cm³/mol. The third-order valence-electron chi connectivity index (χ3n) is 18.5. The zero-order chi connectivity index (χ0) is 101. The molecule has 131 heavy (non-hydrogen) atoms. The van der Waals surface area contributed by atoms with Crippen LogP contribution < -0.4 is 4.90 Å². The Hall–Kier alpha value is -3.09. The first-order chi connectivity index (χ1) is 62.4. The van der Waals surface area contributed by atoms with E-state index < -0.39 is 29.3 Å². The van der Waals surface area contributed by atoms with E-state index in [9.17, 15) is 19.2 Å². The molecule has 0 heterocycles. The fourth-order valence-corrected chi connectivity index (χ4v) is 15.6. The third kappa shape index (κ3) is 91.7. The Morgan fingerprint density at radius 1 is 0.374 bits per heavy atom. The van der Waals surface area contributed by atoms with E-state index in [0.717, 1.165) is 124 Å². The second-order valence-corrected chi connectivity index (χ2v) is 36.9. The number of aliphatic carboxylic acids is 3. The summed E-state index contributed by atoms with van der Waals surface area (Å²) < 4.78 is 102. The number of methoxy groups -OCH3 is 18. The molecule has 33 nitrogen and oxygen atoms in total. The molecule has 780 valence electrons. The van der Waals surface area contributed by atoms with Crippen LogP contribution in [-0.4, -0.2) is 484 Å². The van der Waals surface area contributed by atoms with Crippen molar-refractivity contribution in [3.05, 3.63) is 65.2 Å². The van der Waals surface area contributed by atoms with Crippen molar-refractivity contribution in [2.45, 2.75) is 136 Å². The fraction of sp³-hybridized carbons (Fsp3) is 0.828. The first-order valence-electron chi connectivity index (χ1n) is 44.1. The summed E-state index contributed by atoms with van der Waals surface area (Å²) in [6.07, 6.45) is 3.27. The minimum Gasteiger partial charge on any atom is -0.481 e. The highest BCUT2D eigenvalue weighted by Crippen LogP contribution is 2.19. The molecule has 2 aromatic rings. The molecule has 9 atom stereocenters. The molecule has 0 saturated heterocycles. The molecular weight excluding hydrogens is 1800 g/mol. The van der Waals surface area contributed by atoms with E-state index in [1.54, 1.807) is 163 Å². The van der Waals surface area contributed by atoms with Crippen LogP contribution >= 0.6 is 58.8 Å². The maximum atomic E-state index is 10.7. The molecule has 0 fully saturated rings. The van der Waals surface area contributed by atoms with Crippen LogP contribution in [0.4, 0.5) is 5.69 Å². The number of hydrogen-bond donors (Lipinski definition) is 4. The van der Waals surface area contributed by atoms with Gasteiger partial charge in [0.2, 0.25) is 0 Å². The first kappa shape index (κ1) is 141. The summed E-state index contributed by atoms with van der Waals surface area (Å²) >= 11 is 8.72. The number of aryl methyl sites for hydroxylation is 2. The summed E-state index contributed by atoms with van der Waals surface area (Å²) in [5.41, 5.74) is 3.19. The molecule has 0 aliphatic carbocycles. The van der Waals surface area contributed by atoms with E-state index in [-0.39, 0.29) is 74.4 Å². The van der Waals surface area contributed by atoms with Crippen molar-refractivity contribution in [1.82, 2.24) is 19.6 Å². The number of aromatic carboxylic acids is 1. The Balaban J connectivity index is -0.000000266. The van der Waals surface area contributed by atoms with Gasteiger partial charge in [-0.15, -0.1) is 0 Å².